The number of aryl methyl sites for hydroxylation is 1. The minimum atomic E-state index is 0.523. The van der Waals surface area contributed by atoms with Gasteiger partial charge in [0.15, 0.2) is 0 Å². The molecule has 4 nitrogen and oxygen atoms in total. The van der Waals surface area contributed by atoms with Crippen LogP contribution in [-0.4, -0.2) is 15.0 Å². The molecule has 3 heterocycles. The monoisotopic (exact) mass is 400 g/mol. The van der Waals surface area contributed by atoms with Crippen LogP contribution in [0.1, 0.15) is 16.3 Å². The van der Waals surface area contributed by atoms with Crippen molar-refractivity contribution in [1.29, 1.82) is 5.26 Å². The highest BCUT2D eigenvalue weighted by atomic mass is 35.5. The van der Waals surface area contributed by atoms with Crippen molar-refractivity contribution in [2.75, 3.05) is 0 Å². The second kappa shape index (κ2) is 6.45. The number of benzene rings is 2. The van der Waals surface area contributed by atoms with E-state index in [0.717, 1.165) is 43.3 Å². The van der Waals surface area contributed by atoms with Gasteiger partial charge >= 0.3 is 0 Å². The van der Waals surface area contributed by atoms with E-state index < -0.39 is 0 Å². The van der Waals surface area contributed by atoms with Crippen LogP contribution in [0.4, 0.5) is 0 Å². The summed E-state index contributed by atoms with van der Waals surface area (Å²) in [5, 5.41) is 13.0. The van der Waals surface area contributed by atoms with E-state index in [1.165, 1.54) is 11.3 Å². The van der Waals surface area contributed by atoms with Gasteiger partial charge in [-0.15, -0.1) is 11.3 Å². The summed E-state index contributed by atoms with van der Waals surface area (Å²) in [6, 6.07) is 16.0. The smallest absolute Gasteiger partial charge is 0.135 e. The molecule has 0 saturated heterocycles. The van der Waals surface area contributed by atoms with E-state index in [1.807, 2.05) is 61.7 Å². The third-order valence-electron chi connectivity index (χ3n) is 4.67. The first-order chi connectivity index (χ1) is 13.6. The Morgan fingerprint density at radius 3 is 2.82 bits per heavy atom. The maximum Gasteiger partial charge on any atom is 0.135 e. The molecule has 0 atom stereocenters. The normalized spacial score (nSPS) is 12.1. The first kappa shape index (κ1) is 16.9. The van der Waals surface area contributed by atoms with Gasteiger partial charge in [0.2, 0.25) is 0 Å². The Hall–Kier alpha value is -3.20. The van der Waals surface area contributed by atoms with E-state index in [2.05, 4.69) is 21.0 Å². The van der Waals surface area contributed by atoms with Crippen molar-refractivity contribution in [2.45, 2.75) is 6.92 Å². The summed E-state index contributed by atoms with van der Waals surface area (Å²) < 4.78 is 1.06. The first-order valence-corrected chi connectivity index (χ1v) is 9.88. The van der Waals surface area contributed by atoms with Crippen molar-refractivity contribution in [1.82, 2.24) is 15.0 Å². The molecule has 5 rings (SSSR count). The van der Waals surface area contributed by atoms with Gasteiger partial charge in [0, 0.05) is 33.7 Å². The lowest BCUT2D eigenvalue weighted by Gasteiger charge is -2.05. The highest BCUT2D eigenvalue weighted by molar-refractivity contribution is 7.19. The number of aromatic amines is 1. The van der Waals surface area contributed by atoms with Gasteiger partial charge in [-0.2, -0.15) is 5.26 Å². The summed E-state index contributed by atoms with van der Waals surface area (Å²) in [6.45, 7) is 1.92. The summed E-state index contributed by atoms with van der Waals surface area (Å²) >= 11 is 8.08. The quantitative estimate of drug-likeness (QED) is 0.351. The fourth-order valence-corrected chi connectivity index (χ4v) is 4.73. The van der Waals surface area contributed by atoms with Gasteiger partial charge in [-0.05, 0) is 43.3 Å². The molecule has 0 bridgehead atoms. The Balaban J connectivity index is 1.76. The van der Waals surface area contributed by atoms with Gasteiger partial charge in [-0.1, -0.05) is 23.7 Å². The van der Waals surface area contributed by atoms with Crippen LogP contribution in [0.3, 0.4) is 0 Å². The molecule has 6 heteroatoms. The molecule has 28 heavy (non-hydrogen) atoms. The van der Waals surface area contributed by atoms with Gasteiger partial charge in [0.1, 0.15) is 11.1 Å². The summed E-state index contributed by atoms with van der Waals surface area (Å²) in [6.07, 6.45) is 3.76. The molecule has 0 spiro atoms. The molecule has 0 aliphatic heterocycles. The molecular weight excluding hydrogens is 388 g/mol. The maximum absolute atomic E-state index is 9.78. The number of nitrogens with zero attached hydrogens (tertiary/aromatic N) is 3. The molecule has 2 aromatic carbocycles. The molecule has 1 N–H and O–H groups in total. The predicted octanol–water partition coefficient (Wildman–Crippen LogP) is 6.35. The van der Waals surface area contributed by atoms with Crippen molar-refractivity contribution in [3.05, 3.63) is 69.9 Å². The summed E-state index contributed by atoms with van der Waals surface area (Å²) in [5.74, 6) is 0. The lowest BCUT2D eigenvalue weighted by Crippen LogP contribution is -1.86. The van der Waals surface area contributed by atoms with Crippen LogP contribution >= 0.6 is 22.9 Å². The zero-order valence-electron chi connectivity index (χ0n) is 14.8. The summed E-state index contributed by atoms with van der Waals surface area (Å²) in [4.78, 5) is 12.5. The van der Waals surface area contributed by atoms with Crippen molar-refractivity contribution in [3.8, 4) is 6.07 Å². The van der Waals surface area contributed by atoms with Crippen molar-refractivity contribution in [3.63, 3.8) is 0 Å². The van der Waals surface area contributed by atoms with Crippen LogP contribution in [0.25, 0.3) is 43.7 Å². The lowest BCUT2D eigenvalue weighted by atomic mass is 10.0. The van der Waals surface area contributed by atoms with Crippen LogP contribution in [0, 0.1) is 18.3 Å². The Kier molecular flexibility index (Phi) is 3.90. The highest BCUT2D eigenvalue weighted by Gasteiger charge is 2.14. The molecular formula is C22H13ClN4S. The Labute approximate surface area is 169 Å². The largest absolute Gasteiger partial charge is 0.361 e. The number of H-pyrrole nitrogens is 1. The van der Waals surface area contributed by atoms with Crippen molar-refractivity contribution >= 4 is 66.6 Å². The fraction of sp³-hybridized carbons (Fsp3) is 0.0455. The number of pyridine rings is 1. The van der Waals surface area contributed by atoms with Crippen LogP contribution in [0.2, 0.25) is 5.02 Å². The second-order valence-corrected chi connectivity index (χ2v) is 7.97. The fourth-order valence-electron chi connectivity index (χ4n) is 3.45. The molecule has 0 amide bonds. The average molecular weight is 401 g/mol. The Bertz CT molecular complexity index is 1420. The molecule has 0 aliphatic rings. The highest BCUT2D eigenvalue weighted by Crippen LogP contribution is 2.35. The van der Waals surface area contributed by atoms with E-state index in [9.17, 15) is 5.26 Å². The molecule has 0 aliphatic carbocycles. The van der Waals surface area contributed by atoms with Gasteiger partial charge < -0.3 is 4.98 Å². The van der Waals surface area contributed by atoms with Gasteiger partial charge in [0.25, 0.3) is 0 Å². The average Bonchev–Trinajstić information content (AvgIpc) is 3.29. The van der Waals surface area contributed by atoms with E-state index >= 15 is 0 Å². The topological polar surface area (TPSA) is 65.4 Å². The Morgan fingerprint density at radius 2 is 2.00 bits per heavy atom. The zero-order valence-corrected chi connectivity index (χ0v) is 16.4. The molecule has 0 unspecified atom stereocenters. The SMILES string of the molecule is Cc1cc(Cl)c2c(ccc3[nH]cc(C=C(C#N)c4nc5ccccc5s4)c32)n1. The number of halogens is 1. The summed E-state index contributed by atoms with van der Waals surface area (Å²) in [7, 11) is 0. The number of rotatable bonds is 2. The first-order valence-electron chi connectivity index (χ1n) is 8.69. The van der Waals surface area contributed by atoms with Crippen LogP contribution in [-0.2, 0) is 0 Å². The number of fused-ring (bicyclic) bond motifs is 4. The maximum atomic E-state index is 9.78. The number of para-hydroxylation sites is 1. The van der Waals surface area contributed by atoms with Gasteiger partial charge in [-0.25, -0.2) is 4.98 Å². The van der Waals surface area contributed by atoms with Crippen molar-refractivity contribution < 1.29 is 0 Å². The third kappa shape index (κ3) is 2.66. The Morgan fingerprint density at radius 1 is 1.14 bits per heavy atom. The van der Waals surface area contributed by atoms with Gasteiger partial charge in [0.05, 0.1) is 26.3 Å². The number of allylic oxidation sites excluding steroid dienone is 1. The second-order valence-electron chi connectivity index (χ2n) is 6.53. The van der Waals surface area contributed by atoms with Crippen LogP contribution in [0.15, 0.2) is 48.7 Å². The third-order valence-corrected chi connectivity index (χ3v) is 6.04. The van der Waals surface area contributed by atoms with Gasteiger partial charge in [-0.3, -0.25) is 4.98 Å². The standard InChI is InChI=1S/C22H13ClN4S/c1-12-8-15(23)21-18(26-12)7-6-17-20(21)14(11-25-17)9-13(10-24)22-27-16-4-2-3-5-19(16)28-22/h2-9,11,25H,1H3. The number of thiazole rings is 1. The number of nitriles is 1. The van der Waals surface area contributed by atoms with E-state index in [4.69, 9.17) is 11.6 Å². The number of nitrogens with one attached hydrogen (secondary N) is 1. The number of hydrogen-bond acceptors (Lipinski definition) is 4. The van der Waals surface area contributed by atoms with E-state index in [0.29, 0.717) is 15.6 Å². The zero-order chi connectivity index (χ0) is 19.3. The van der Waals surface area contributed by atoms with Crippen LogP contribution < -0.4 is 0 Å². The molecule has 3 aromatic heterocycles. The molecule has 0 saturated carbocycles. The lowest BCUT2D eigenvalue weighted by molar-refractivity contribution is 1.26. The predicted molar refractivity (Wildman–Crippen MR) is 116 cm³/mol. The number of aromatic nitrogens is 3. The minimum absolute atomic E-state index is 0.523. The number of hydrogen-bond donors (Lipinski definition) is 1. The molecule has 0 radical (unpaired) electrons. The molecule has 0 fully saturated rings. The minimum Gasteiger partial charge on any atom is -0.361 e. The molecule has 134 valence electrons. The van der Waals surface area contributed by atoms with Crippen LogP contribution in [0.5, 0.6) is 0 Å². The van der Waals surface area contributed by atoms with E-state index in [1.54, 1.807) is 0 Å². The van der Waals surface area contributed by atoms with E-state index in [-0.39, 0.29) is 0 Å². The molecule has 5 aromatic rings. The van der Waals surface area contributed by atoms with Crippen molar-refractivity contribution in [2.24, 2.45) is 0 Å². The summed E-state index contributed by atoms with van der Waals surface area (Å²) in [5.41, 5.74) is 4.98.